The van der Waals surface area contributed by atoms with Crippen LogP contribution < -0.4 is 0 Å². The Balaban J connectivity index is 1.10. The molecular formula is C50H43N3O. The van der Waals surface area contributed by atoms with Gasteiger partial charge in [0.2, 0.25) is 0 Å². The number of aromatic nitrogens is 3. The van der Waals surface area contributed by atoms with E-state index in [1.165, 1.54) is 141 Å². The second-order valence-electron chi connectivity index (χ2n) is 20.6. The zero-order valence-corrected chi connectivity index (χ0v) is 31.1. The van der Waals surface area contributed by atoms with Gasteiger partial charge in [0.1, 0.15) is 11.2 Å². The summed E-state index contributed by atoms with van der Waals surface area (Å²) in [4.78, 5) is 11.1. The molecular weight excluding hydrogens is 659 g/mol. The van der Waals surface area contributed by atoms with Crippen LogP contribution in [0.2, 0.25) is 0 Å². The zero-order chi connectivity index (χ0) is 34.7. The lowest BCUT2D eigenvalue weighted by atomic mass is 9.56. The highest BCUT2D eigenvalue weighted by molar-refractivity contribution is 6.28. The zero-order valence-electron chi connectivity index (χ0n) is 31.1. The first-order valence-electron chi connectivity index (χ1n) is 21.5. The topological polar surface area (TPSA) is 43.3 Å². The summed E-state index contributed by atoms with van der Waals surface area (Å²) in [5.74, 6) is 6.12. The number of fused-ring (bicyclic) bond motifs is 19. The van der Waals surface area contributed by atoms with Crippen molar-refractivity contribution in [3.8, 4) is 11.1 Å². The average molecular weight is 702 g/mol. The number of benzene rings is 3. The van der Waals surface area contributed by atoms with Gasteiger partial charge in [0.15, 0.2) is 0 Å². The molecule has 4 heteroatoms. The fourth-order valence-corrected chi connectivity index (χ4v) is 16.5. The summed E-state index contributed by atoms with van der Waals surface area (Å²) in [5, 5.41) is 8.54. The quantitative estimate of drug-likeness (QED) is 0.158. The van der Waals surface area contributed by atoms with Crippen molar-refractivity contribution in [1.29, 1.82) is 0 Å². The molecule has 7 unspecified atom stereocenters. The molecule has 5 aromatic heterocycles. The maximum Gasteiger partial charge on any atom is 0.136 e. The molecule has 17 rings (SSSR count). The van der Waals surface area contributed by atoms with Crippen LogP contribution in [0.1, 0.15) is 135 Å². The minimum Gasteiger partial charge on any atom is -0.456 e. The van der Waals surface area contributed by atoms with Crippen molar-refractivity contribution >= 4 is 60.0 Å². The Morgan fingerprint density at radius 3 is 2.20 bits per heavy atom. The minimum atomic E-state index is -0.172. The molecule has 4 nitrogen and oxygen atoms in total. The third-order valence-corrected chi connectivity index (χ3v) is 18.2. The lowest BCUT2D eigenvalue weighted by molar-refractivity contribution is 0.00321. The van der Waals surface area contributed by atoms with Crippen molar-refractivity contribution in [3.05, 3.63) is 88.5 Å². The van der Waals surface area contributed by atoms with Crippen LogP contribution in [0.4, 0.5) is 0 Å². The van der Waals surface area contributed by atoms with E-state index in [4.69, 9.17) is 14.4 Å². The van der Waals surface area contributed by atoms with Crippen LogP contribution in [-0.4, -0.2) is 14.4 Å². The molecule has 54 heavy (non-hydrogen) atoms. The van der Waals surface area contributed by atoms with E-state index >= 15 is 0 Å². The first-order valence-corrected chi connectivity index (χ1v) is 21.5. The van der Waals surface area contributed by atoms with Crippen LogP contribution in [0.3, 0.4) is 0 Å². The first kappa shape index (κ1) is 28.0. The molecule has 0 saturated heterocycles. The largest absolute Gasteiger partial charge is 0.456 e. The van der Waals surface area contributed by atoms with Gasteiger partial charge in [-0.15, -0.1) is 0 Å². The summed E-state index contributed by atoms with van der Waals surface area (Å²) in [6.45, 7) is 5.03. The standard InChI is InChI=1S/C50H43N3O/c1-49(2)35-16-32-30-5-3-4-6-38(30)54-39(32)17-31(35)33-15-34-42-36(20-51-46-25-10-22-7-23(11-25)9-24(8-22)40(42)46)53-37-21-52-47-27-13-29-14-28-12-26(18-50(28,29)19-27)41(47)43(37)44(45(33)49)48(34)53/h3-6,15-17,20-29H,7-14,18-19H2,1-2H3. The summed E-state index contributed by atoms with van der Waals surface area (Å²) in [7, 11) is 0. The van der Waals surface area contributed by atoms with Crippen LogP contribution in [-0.2, 0) is 5.41 Å². The lowest BCUT2D eigenvalue weighted by Gasteiger charge is -2.48. The predicted molar refractivity (Wildman–Crippen MR) is 215 cm³/mol. The van der Waals surface area contributed by atoms with E-state index in [2.05, 4.69) is 73.1 Å². The summed E-state index contributed by atoms with van der Waals surface area (Å²) in [6.07, 6.45) is 18.5. The second kappa shape index (κ2) is 8.52. The fourth-order valence-electron chi connectivity index (χ4n) is 16.5. The molecule has 5 saturated carbocycles. The molecule has 1 spiro atoms. The van der Waals surface area contributed by atoms with Gasteiger partial charge in [-0.25, -0.2) is 0 Å². The molecule has 8 aromatic rings. The Bertz CT molecular complexity index is 3110. The Kier molecular flexibility index (Phi) is 4.42. The molecule has 7 bridgehead atoms. The van der Waals surface area contributed by atoms with Gasteiger partial charge in [-0.3, -0.25) is 9.97 Å². The highest BCUT2D eigenvalue weighted by Crippen LogP contribution is 2.76. The van der Waals surface area contributed by atoms with Gasteiger partial charge in [-0.05, 0) is 163 Å². The number of rotatable bonds is 0. The third kappa shape index (κ3) is 2.84. The highest BCUT2D eigenvalue weighted by Gasteiger charge is 2.66. The second-order valence-corrected chi connectivity index (χ2v) is 20.6. The number of hydrogen-bond acceptors (Lipinski definition) is 3. The van der Waals surface area contributed by atoms with E-state index in [1.54, 1.807) is 16.5 Å². The number of nitrogens with zero attached hydrogens (tertiary/aromatic N) is 3. The van der Waals surface area contributed by atoms with E-state index < -0.39 is 0 Å². The van der Waals surface area contributed by atoms with E-state index in [1.807, 2.05) is 0 Å². The Labute approximate surface area is 313 Å². The van der Waals surface area contributed by atoms with Gasteiger partial charge in [-0.2, -0.15) is 0 Å². The molecule has 0 N–H and O–H groups in total. The maximum atomic E-state index is 6.62. The van der Waals surface area contributed by atoms with Crippen molar-refractivity contribution in [1.82, 2.24) is 14.4 Å². The van der Waals surface area contributed by atoms with Crippen molar-refractivity contribution in [2.24, 2.45) is 29.1 Å². The van der Waals surface area contributed by atoms with Crippen LogP contribution in [0.5, 0.6) is 0 Å². The van der Waals surface area contributed by atoms with Gasteiger partial charge >= 0.3 is 0 Å². The molecule has 7 atom stereocenters. The molecule has 0 amide bonds. The van der Waals surface area contributed by atoms with Crippen molar-refractivity contribution < 1.29 is 4.42 Å². The predicted octanol–water partition coefficient (Wildman–Crippen LogP) is 12.6. The number of pyridine rings is 2. The van der Waals surface area contributed by atoms with Crippen LogP contribution in [0.15, 0.2) is 59.3 Å². The van der Waals surface area contributed by atoms with Gasteiger partial charge in [0.25, 0.3) is 0 Å². The monoisotopic (exact) mass is 701 g/mol. The molecule has 5 heterocycles. The highest BCUT2D eigenvalue weighted by atomic mass is 16.3. The summed E-state index contributed by atoms with van der Waals surface area (Å²) < 4.78 is 9.31. The van der Waals surface area contributed by atoms with E-state index in [-0.39, 0.29) is 5.41 Å². The van der Waals surface area contributed by atoms with E-state index in [9.17, 15) is 0 Å². The smallest absolute Gasteiger partial charge is 0.136 e. The minimum absolute atomic E-state index is 0.172. The molecule has 9 aliphatic carbocycles. The Morgan fingerprint density at radius 2 is 1.35 bits per heavy atom. The van der Waals surface area contributed by atoms with Gasteiger partial charge in [0, 0.05) is 61.0 Å². The van der Waals surface area contributed by atoms with Crippen molar-refractivity contribution in [2.45, 2.75) is 107 Å². The summed E-state index contributed by atoms with van der Waals surface area (Å²) >= 11 is 0. The first-order chi connectivity index (χ1) is 26.4. The molecule has 0 radical (unpaired) electrons. The van der Waals surface area contributed by atoms with E-state index in [0.29, 0.717) is 29.1 Å². The Hall–Kier alpha value is -4.44. The summed E-state index contributed by atoms with van der Waals surface area (Å²) in [6, 6.07) is 16.2. The van der Waals surface area contributed by atoms with Gasteiger partial charge < -0.3 is 8.82 Å². The van der Waals surface area contributed by atoms with Crippen LogP contribution in [0, 0.1) is 29.1 Å². The van der Waals surface area contributed by atoms with Crippen LogP contribution >= 0.6 is 0 Å². The van der Waals surface area contributed by atoms with Crippen molar-refractivity contribution in [2.75, 3.05) is 0 Å². The number of furan rings is 1. The molecule has 0 aliphatic heterocycles. The maximum absolute atomic E-state index is 6.62. The number of hydrogen-bond donors (Lipinski definition) is 0. The van der Waals surface area contributed by atoms with Crippen molar-refractivity contribution in [3.63, 3.8) is 0 Å². The van der Waals surface area contributed by atoms with Gasteiger partial charge in [0.05, 0.1) is 28.9 Å². The SMILES string of the molecule is CC1(C)c2cc3c(cc2-c2cc4c5c6c(ncc5n5c7cnc8c(c7c(c21)c45)C1CC2CC4CC8CC42C1)C1CC2CC(C1)CC6C2)oc1ccccc13. The van der Waals surface area contributed by atoms with E-state index in [0.717, 1.165) is 34.8 Å². The lowest BCUT2D eigenvalue weighted by Crippen LogP contribution is -2.41. The fraction of sp³-hybridized carbons (Fsp3) is 0.440. The molecule has 5 fully saturated rings. The molecule has 264 valence electrons. The average Bonchev–Trinajstić information content (AvgIpc) is 3.94. The summed E-state index contributed by atoms with van der Waals surface area (Å²) in [5.41, 5.74) is 18.5. The molecule has 3 aromatic carbocycles. The van der Waals surface area contributed by atoms with Crippen LogP contribution in [0.25, 0.3) is 71.2 Å². The third-order valence-electron chi connectivity index (χ3n) is 18.2. The Morgan fingerprint density at radius 1 is 0.630 bits per heavy atom. The normalized spacial score (nSPS) is 34.3. The number of para-hydroxylation sites is 1. The molecule has 9 aliphatic rings. The van der Waals surface area contributed by atoms with Gasteiger partial charge in [-0.1, -0.05) is 32.0 Å².